The number of anilines is 1. The molecule has 0 amide bonds. The van der Waals surface area contributed by atoms with Crippen LogP contribution in [-0.2, 0) is 4.74 Å². The van der Waals surface area contributed by atoms with Crippen LogP contribution in [0.4, 0.5) is 5.82 Å². The maximum atomic E-state index is 5.51. The van der Waals surface area contributed by atoms with E-state index in [0.29, 0.717) is 6.04 Å². The molecule has 3 aromatic rings. The van der Waals surface area contributed by atoms with E-state index in [9.17, 15) is 0 Å². The average molecular weight is 380 g/mol. The van der Waals surface area contributed by atoms with Crippen LogP contribution in [0.15, 0.2) is 22.8 Å². The zero-order valence-electron chi connectivity index (χ0n) is 11.9. The Hall–Kier alpha value is -1.51. The molecule has 1 saturated heterocycles. The van der Waals surface area contributed by atoms with Crippen molar-refractivity contribution in [3.63, 3.8) is 0 Å². The molecular formula is C14H14BrN5OS. The molecule has 1 N–H and O–H groups in total. The highest BCUT2D eigenvalue weighted by Gasteiger charge is 2.23. The van der Waals surface area contributed by atoms with Crippen molar-refractivity contribution in [2.24, 2.45) is 0 Å². The monoisotopic (exact) mass is 379 g/mol. The lowest BCUT2D eigenvalue weighted by atomic mass is 10.2. The molecule has 1 atom stereocenters. The van der Waals surface area contributed by atoms with Crippen molar-refractivity contribution in [2.45, 2.75) is 13.0 Å². The molecule has 3 aromatic heterocycles. The van der Waals surface area contributed by atoms with Gasteiger partial charge in [-0.25, -0.2) is 4.98 Å². The van der Waals surface area contributed by atoms with Crippen molar-refractivity contribution < 1.29 is 4.74 Å². The van der Waals surface area contributed by atoms with E-state index in [-0.39, 0.29) is 0 Å². The maximum absolute atomic E-state index is 5.51. The highest BCUT2D eigenvalue weighted by molar-refractivity contribution is 9.10. The molecule has 0 bridgehead atoms. The molecule has 1 aliphatic heterocycles. The van der Waals surface area contributed by atoms with Gasteiger partial charge in [0.05, 0.1) is 29.6 Å². The third-order valence-corrected chi connectivity index (χ3v) is 5.54. The van der Waals surface area contributed by atoms with Crippen LogP contribution in [0, 0.1) is 0 Å². The molecule has 4 rings (SSSR count). The van der Waals surface area contributed by atoms with E-state index < -0.39 is 0 Å². The second-order valence-electron chi connectivity index (χ2n) is 5.26. The van der Waals surface area contributed by atoms with Crippen molar-refractivity contribution in [1.82, 2.24) is 19.6 Å². The van der Waals surface area contributed by atoms with Crippen molar-refractivity contribution in [3.05, 3.63) is 22.8 Å². The number of halogens is 1. The lowest BCUT2D eigenvalue weighted by molar-refractivity contribution is 0.0985. The molecule has 6 nitrogen and oxygen atoms in total. The van der Waals surface area contributed by atoms with Crippen molar-refractivity contribution in [1.29, 1.82) is 0 Å². The summed E-state index contributed by atoms with van der Waals surface area (Å²) >= 11 is 5.10. The molecular weight excluding hydrogens is 366 g/mol. The van der Waals surface area contributed by atoms with Gasteiger partial charge in [-0.15, -0.1) is 0 Å². The number of morpholine rings is 1. The minimum absolute atomic E-state index is 0.313. The summed E-state index contributed by atoms with van der Waals surface area (Å²) in [6, 6.07) is 4.29. The van der Waals surface area contributed by atoms with Crippen LogP contribution in [0.1, 0.15) is 6.92 Å². The minimum atomic E-state index is 0.313. The van der Waals surface area contributed by atoms with Crippen molar-refractivity contribution in [3.8, 4) is 11.4 Å². The molecule has 114 valence electrons. The van der Waals surface area contributed by atoms with Gasteiger partial charge >= 0.3 is 0 Å². The number of H-pyrrole nitrogens is 1. The molecule has 22 heavy (non-hydrogen) atoms. The van der Waals surface area contributed by atoms with E-state index in [1.165, 1.54) is 11.5 Å². The fourth-order valence-corrected chi connectivity index (χ4v) is 4.00. The van der Waals surface area contributed by atoms with Gasteiger partial charge in [0.25, 0.3) is 0 Å². The Morgan fingerprint density at radius 3 is 3.18 bits per heavy atom. The number of nitrogens with zero attached hydrogens (tertiary/aromatic N) is 4. The lowest BCUT2D eigenvalue weighted by Crippen LogP contribution is -2.44. The van der Waals surface area contributed by atoms with Gasteiger partial charge in [0.1, 0.15) is 17.0 Å². The second kappa shape index (κ2) is 5.60. The molecule has 0 radical (unpaired) electrons. The van der Waals surface area contributed by atoms with Gasteiger partial charge in [-0.2, -0.15) is 9.47 Å². The highest BCUT2D eigenvalue weighted by Crippen LogP contribution is 2.36. The van der Waals surface area contributed by atoms with Crippen LogP contribution in [0.2, 0.25) is 0 Å². The van der Waals surface area contributed by atoms with Crippen LogP contribution in [0.25, 0.3) is 21.6 Å². The molecule has 0 aliphatic carbocycles. The van der Waals surface area contributed by atoms with Gasteiger partial charge in [0.15, 0.2) is 0 Å². The zero-order chi connectivity index (χ0) is 15.1. The minimum Gasteiger partial charge on any atom is -0.377 e. The summed E-state index contributed by atoms with van der Waals surface area (Å²) in [4.78, 5) is 7.15. The number of nitrogens with one attached hydrogen (secondary N) is 1. The largest absolute Gasteiger partial charge is 0.377 e. The highest BCUT2D eigenvalue weighted by atomic mass is 79.9. The smallest absolute Gasteiger partial charge is 0.130 e. The Kier molecular flexibility index (Phi) is 3.59. The standard InChI is InChI=1S/C14H14BrN5OS/c1-8-7-21-5-4-20(8)11-6-9(15)14-13(17-11)12(19-22-14)10-2-3-16-18-10/h2-3,6,8H,4-5,7H2,1H3,(H,16,18). The Bertz CT molecular complexity index is 803. The first-order valence-corrected chi connectivity index (χ1v) is 8.61. The first kappa shape index (κ1) is 14.1. The number of pyridine rings is 1. The van der Waals surface area contributed by atoms with E-state index in [2.05, 4.69) is 48.4 Å². The van der Waals surface area contributed by atoms with Crippen LogP contribution >= 0.6 is 27.5 Å². The van der Waals surface area contributed by atoms with Gasteiger partial charge in [0, 0.05) is 17.2 Å². The summed E-state index contributed by atoms with van der Waals surface area (Å²) in [6.45, 7) is 4.47. The topological polar surface area (TPSA) is 66.9 Å². The van der Waals surface area contributed by atoms with Crippen LogP contribution in [0.3, 0.4) is 0 Å². The fourth-order valence-electron chi connectivity index (χ4n) is 2.65. The predicted molar refractivity (Wildman–Crippen MR) is 90.3 cm³/mol. The number of aromatic nitrogens is 4. The molecule has 0 saturated carbocycles. The Morgan fingerprint density at radius 1 is 1.50 bits per heavy atom. The number of hydrogen-bond acceptors (Lipinski definition) is 6. The van der Waals surface area contributed by atoms with Crippen LogP contribution in [0.5, 0.6) is 0 Å². The van der Waals surface area contributed by atoms with Gasteiger partial charge < -0.3 is 9.64 Å². The summed E-state index contributed by atoms with van der Waals surface area (Å²) in [5.74, 6) is 0.955. The second-order valence-corrected chi connectivity index (χ2v) is 6.89. The predicted octanol–water partition coefficient (Wildman–Crippen LogP) is 3.07. The Balaban J connectivity index is 1.85. The van der Waals surface area contributed by atoms with Gasteiger partial charge in [0.2, 0.25) is 0 Å². The normalized spacial score (nSPS) is 19.0. The van der Waals surface area contributed by atoms with Crippen molar-refractivity contribution >= 4 is 43.5 Å². The fraction of sp³-hybridized carbons (Fsp3) is 0.357. The molecule has 8 heteroatoms. The van der Waals surface area contributed by atoms with Crippen LogP contribution < -0.4 is 4.90 Å². The van der Waals surface area contributed by atoms with E-state index in [1.54, 1.807) is 6.20 Å². The Labute approximate surface area is 139 Å². The van der Waals surface area contributed by atoms with E-state index in [1.807, 2.05) is 6.07 Å². The summed E-state index contributed by atoms with van der Waals surface area (Å²) in [7, 11) is 0. The third kappa shape index (κ3) is 2.31. The number of ether oxygens (including phenoxy) is 1. The first-order chi connectivity index (χ1) is 10.7. The SMILES string of the molecule is CC1COCCN1c1cc(Br)c2snc(-c3ccn[nH]3)c2n1. The molecule has 0 aromatic carbocycles. The quantitative estimate of drug-likeness (QED) is 0.740. The van der Waals surface area contributed by atoms with Gasteiger partial charge in [-0.3, -0.25) is 5.10 Å². The summed E-state index contributed by atoms with van der Waals surface area (Å²) in [6.07, 6.45) is 1.73. The summed E-state index contributed by atoms with van der Waals surface area (Å²) < 4.78 is 12.1. The number of rotatable bonds is 2. The molecule has 1 aliphatic rings. The molecule has 4 heterocycles. The number of fused-ring (bicyclic) bond motifs is 1. The summed E-state index contributed by atoms with van der Waals surface area (Å²) in [5, 5.41) is 6.97. The maximum Gasteiger partial charge on any atom is 0.130 e. The average Bonchev–Trinajstić information content (AvgIpc) is 3.16. The molecule has 1 unspecified atom stereocenters. The van der Waals surface area contributed by atoms with Gasteiger partial charge in [-0.05, 0) is 46.5 Å². The molecule has 1 fully saturated rings. The first-order valence-electron chi connectivity index (χ1n) is 7.04. The van der Waals surface area contributed by atoms with Crippen molar-refractivity contribution in [2.75, 3.05) is 24.7 Å². The van der Waals surface area contributed by atoms with Gasteiger partial charge in [-0.1, -0.05) is 0 Å². The zero-order valence-corrected chi connectivity index (χ0v) is 14.3. The summed E-state index contributed by atoms with van der Waals surface area (Å²) in [5.41, 5.74) is 2.64. The third-order valence-electron chi connectivity index (χ3n) is 3.78. The lowest BCUT2D eigenvalue weighted by Gasteiger charge is -2.34. The van der Waals surface area contributed by atoms with E-state index >= 15 is 0 Å². The molecule has 0 spiro atoms. The van der Waals surface area contributed by atoms with E-state index in [0.717, 1.165) is 51.7 Å². The van der Waals surface area contributed by atoms with Crippen LogP contribution in [-0.4, -0.2) is 45.4 Å². The number of hydrogen-bond donors (Lipinski definition) is 1. The number of aromatic amines is 1. The van der Waals surface area contributed by atoms with E-state index in [4.69, 9.17) is 9.72 Å². The Morgan fingerprint density at radius 2 is 2.41 bits per heavy atom.